The molecule has 0 spiro atoms. The fraction of sp³-hybridized carbons (Fsp3) is 0.417. The number of hydrogen-bond acceptors (Lipinski definition) is 3. The Hall–Kier alpha value is -1.00. The summed E-state index contributed by atoms with van der Waals surface area (Å²) in [6, 6.07) is 7.54. The molecule has 2 atom stereocenters. The second kappa shape index (κ2) is 5.92. The quantitative estimate of drug-likeness (QED) is 0.773. The van der Waals surface area contributed by atoms with Gasteiger partial charge >= 0.3 is 0 Å². The van der Waals surface area contributed by atoms with Gasteiger partial charge in [-0.1, -0.05) is 19.1 Å². The van der Waals surface area contributed by atoms with Gasteiger partial charge in [0.1, 0.15) is 0 Å². The van der Waals surface area contributed by atoms with E-state index in [9.17, 15) is 9.90 Å². The van der Waals surface area contributed by atoms with Crippen molar-refractivity contribution >= 4 is 17.7 Å². The average Bonchev–Trinajstić information content (AvgIpc) is 2.25. The fourth-order valence-corrected chi connectivity index (χ4v) is 2.33. The Kier molecular flexibility index (Phi) is 4.83. The molecule has 16 heavy (non-hydrogen) atoms. The Morgan fingerprint density at radius 2 is 2.25 bits per heavy atom. The van der Waals surface area contributed by atoms with Gasteiger partial charge in [0.2, 0.25) is 5.91 Å². The monoisotopic (exact) mass is 239 g/mol. The van der Waals surface area contributed by atoms with E-state index in [4.69, 9.17) is 5.73 Å². The summed E-state index contributed by atoms with van der Waals surface area (Å²) in [6.45, 7) is 3.65. The Balaban J connectivity index is 2.80. The molecule has 3 nitrogen and oxygen atoms in total. The molecule has 0 aliphatic heterocycles. The van der Waals surface area contributed by atoms with Gasteiger partial charge in [0, 0.05) is 4.90 Å². The van der Waals surface area contributed by atoms with Crippen LogP contribution in [0.3, 0.4) is 0 Å². The Morgan fingerprint density at radius 1 is 1.56 bits per heavy atom. The number of carbonyl (C=O) groups is 1. The highest BCUT2D eigenvalue weighted by molar-refractivity contribution is 8.00. The van der Waals surface area contributed by atoms with Crippen LogP contribution in [0.4, 0.5) is 0 Å². The summed E-state index contributed by atoms with van der Waals surface area (Å²) in [5, 5.41) is 9.24. The molecule has 0 aliphatic rings. The van der Waals surface area contributed by atoms with E-state index in [0.717, 1.165) is 10.5 Å². The van der Waals surface area contributed by atoms with Crippen molar-refractivity contribution in [1.29, 1.82) is 0 Å². The lowest BCUT2D eigenvalue weighted by atomic mass is 10.1. The van der Waals surface area contributed by atoms with Crippen molar-refractivity contribution in [3.63, 3.8) is 0 Å². The number of thioether (sulfide) groups is 1. The molecule has 0 bridgehead atoms. The van der Waals surface area contributed by atoms with Crippen LogP contribution in [0.15, 0.2) is 29.2 Å². The standard InChI is InChI=1S/C12H17NO2S/c1-3-11(12(13)15)16-10-6-4-5-9(7-10)8(2)14/h4-8,11,14H,3H2,1-2H3,(H2,13,15). The van der Waals surface area contributed by atoms with Crippen molar-refractivity contribution in [2.24, 2.45) is 5.73 Å². The van der Waals surface area contributed by atoms with Gasteiger partial charge in [0.15, 0.2) is 0 Å². The normalized spacial score (nSPS) is 14.4. The molecule has 0 aromatic heterocycles. The predicted octanol–water partition coefficient (Wildman–Crippen LogP) is 2.10. The molecule has 0 aliphatic carbocycles. The van der Waals surface area contributed by atoms with Gasteiger partial charge in [0.05, 0.1) is 11.4 Å². The summed E-state index contributed by atoms with van der Waals surface area (Å²) in [4.78, 5) is 12.1. The molecule has 88 valence electrons. The Bertz CT molecular complexity index is 366. The molecule has 1 aromatic rings. The van der Waals surface area contributed by atoms with Crippen LogP contribution in [-0.4, -0.2) is 16.3 Å². The van der Waals surface area contributed by atoms with Gasteiger partial charge in [-0.15, -0.1) is 11.8 Å². The summed E-state index contributed by atoms with van der Waals surface area (Å²) >= 11 is 1.44. The van der Waals surface area contributed by atoms with Crippen molar-refractivity contribution < 1.29 is 9.90 Å². The van der Waals surface area contributed by atoms with E-state index < -0.39 is 6.10 Å². The molecule has 0 heterocycles. The molecule has 4 heteroatoms. The molecule has 1 rings (SSSR count). The van der Waals surface area contributed by atoms with E-state index in [1.807, 2.05) is 31.2 Å². The maximum atomic E-state index is 11.1. The maximum Gasteiger partial charge on any atom is 0.230 e. The average molecular weight is 239 g/mol. The number of amides is 1. The third-order valence-electron chi connectivity index (χ3n) is 2.31. The number of aliphatic hydroxyl groups excluding tert-OH is 1. The van der Waals surface area contributed by atoms with Crippen molar-refractivity contribution in [1.82, 2.24) is 0 Å². The molecule has 0 saturated heterocycles. The SMILES string of the molecule is CCC(Sc1cccc(C(C)O)c1)C(N)=O. The second-order valence-electron chi connectivity index (χ2n) is 3.67. The van der Waals surface area contributed by atoms with Crippen molar-refractivity contribution in [2.45, 2.75) is 36.5 Å². The summed E-state index contributed by atoms with van der Waals surface area (Å²) in [7, 11) is 0. The maximum absolute atomic E-state index is 11.1. The number of primary amides is 1. The van der Waals surface area contributed by atoms with Crippen molar-refractivity contribution in [2.75, 3.05) is 0 Å². The third kappa shape index (κ3) is 3.54. The van der Waals surface area contributed by atoms with Crippen LogP contribution in [0.1, 0.15) is 31.9 Å². The lowest BCUT2D eigenvalue weighted by Crippen LogP contribution is -2.24. The zero-order chi connectivity index (χ0) is 12.1. The van der Waals surface area contributed by atoms with Crippen LogP contribution < -0.4 is 5.73 Å². The van der Waals surface area contributed by atoms with Crippen LogP contribution in [0.25, 0.3) is 0 Å². The third-order valence-corrected chi connectivity index (χ3v) is 3.68. The molecule has 0 saturated carbocycles. The van der Waals surface area contributed by atoms with Crippen molar-refractivity contribution in [3.8, 4) is 0 Å². The van der Waals surface area contributed by atoms with Crippen molar-refractivity contribution in [3.05, 3.63) is 29.8 Å². The minimum absolute atomic E-state index is 0.204. The highest BCUT2D eigenvalue weighted by Gasteiger charge is 2.14. The molecule has 1 amide bonds. The molecular formula is C12H17NO2S. The summed E-state index contributed by atoms with van der Waals surface area (Å²) in [5.41, 5.74) is 6.13. The molecule has 0 radical (unpaired) electrons. The van der Waals surface area contributed by atoms with E-state index in [-0.39, 0.29) is 11.2 Å². The molecule has 1 aromatic carbocycles. The number of carbonyl (C=O) groups excluding carboxylic acids is 1. The second-order valence-corrected chi connectivity index (χ2v) is 4.94. The Morgan fingerprint density at radius 3 is 2.75 bits per heavy atom. The van der Waals surface area contributed by atoms with Crippen LogP contribution >= 0.6 is 11.8 Å². The highest BCUT2D eigenvalue weighted by atomic mass is 32.2. The Labute approximate surface area is 100 Å². The summed E-state index contributed by atoms with van der Waals surface area (Å²) < 4.78 is 0. The minimum Gasteiger partial charge on any atom is -0.389 e. The lowest BCUT2D eigenvalue weighted by molar-refractivity contribution is -0.117. The fourth-order valence-electron chi connectivity index (χ4n) is 1.35. The molecule has 0 fully saturated rings. The van der Waals surface area contributed by atoms with Crippen LogP contribution in [0, 0.1) is 0 Å². The number of rotatable bonds is 5. The van der Waals surface area contributed by atoms with Crippen LogP contribution in [-0.2, 0) is 4.79 Å². The smallest absolute Gasteiger partial charge is 0.230 e. The van der Waals surface area contributed by atoms with E-state index >= 15 is 0 Å². The first kappa shape index (κ1) is 13.1. The molecular weight excluding hydrogens is 222 g/mol. The number of hydrogen-bond donors (Lipinski definition) is 2. The van der Waals surface area contributed by atoms with Gasteiger partial charge in [0.25, 0.3) is 0 Å². The first-order valence-corrected chi connectivity index (χ1v) is 6.16. The van der Waals surface area contributed by atoms with E-state index in [2.05, 4.69) is 0 Å². The first-order chi connectivity index (χ1) is 7.54. The van der Waals surface area contributed by atoms with Gasteiger partial charge in [-0.3, -0.25) is 4.79 Å². The minimum atomic E-state index is -0.491. The van der Waals surface area contributed by atoms with Gasteiger partial charge in [-0.05, 0) is 31.0 Å². The molecule has 3 N–H and O–H groups in total. The van der Waals surface area contributed by atoms with E-state index in [1.165, 1.54) is 11.8 Å². The lowest BCUT2D eigenvalue weighted by Gasteiger charge is -2.12. The number of benzene rings is 1. The number of nitrogens with two attached hydrogens (primary N) is 1. The summed E-state index contributed by atoms with van der Waals surface area (Å²) in [5.74, 6) is -0.296. The number of aliphatic hydroxyl groups is 1. The van der Waals surface area contributed by atoms with E-state index in [0.29, 0.717) is 6.42 Å². The van der Waals surface area contributed by atoms with E-state index in [1.54, 1.807) is 6.92 Å². The van der Waals surface area contributed by atoms with Gasteiger partial charge in [-0.2, -0.15) is 0 Å². The van der Waals surface area contributed by atoms with Gasteiger partial charge < -0.3 is 10.8 Å². The zero-order valence-electron chi connectivity index (χ0n) is 9.51. The predicted molar refractivity (Wildman–Crippen MR) is 66.2 cm³/mol. The highest BCUT2D eigenvalue weighted by Crippen LogP contribution is 2.27. The summed E-state index contributed by atoms with van der Waals surface area (Å²) in [6.07, 6.45) is 0.216. The van der Waals surface area contributed by atoms with Crippen LogP contribution in [0.2, 0.25) is 0 Å². The van der Waals surface area contributed by atoms with Gasteiger partial charge in [-0.25, -0.2) is 0 Å². The van der Waals surface area contributed by atoms with Crippen LogP contribution in [0.5, 0.6) is 0 Å². The first-order valence-electron chi connectivity index (χ1n) is 5.28. The largest absolute Gasteiger partial charge is 0.389 e. The topological polar surface area (TPSA) is 63.3 Å². The zero-order valence-corrected chi connectivity index (χ0v) is 10.3. The molecule has 2 unspecified atom stereocenters.